The number of benzene rings is 2. The van der Waals surface area contributed by atoms with Gasteiger partial charge in [-0.1, -0.05) is 0 Å². The van der Waals surface area contributed by atoms with E-state index in [0.717, 1.165) is 23.3 Å². The number of nitrogens with two attached hydrogens (primary N) is 1. The van der Waals surface area contributed by atoms with E-state index in [1.807, 2.05) is 26.0 Å². The van der Waals surface area contributed by atoms with Crippen molar-refractivity contribution in [3.05, 3.63) is 58.7 Å². The van der Waals surface area contributed by atoms with E-state index in [9.17, 15) is 9.59 Å². The summed E-state index contributed by atoms with van der Waals surface area (Å²) in [4.78, 5) is 22.2. The normalized spacial score (nSPS) is 10.4. The summed E-state index contributed by atoms with van der Waals surface area (Å²) in [6, 6.07) is 10.6. The number of carbonyl (C=O) groups is 2. The van der Waals surface area contributed by atoms with Crippen LogP contribution in [0.15, 0.2) is 36.4 Å². The molecular formula is C19H21NO3. The topological polar surface area (TPSA) is 69.4 Å². The molecule has 2 aromatic carbocycles. The maximum Gasteiger partial charge on any atom is 0.248 e. The van der Waals surface area contributed by atoms with Gasteiger partial charge in [-0.3, -0.25) is 4.79 Å². The van der Waals surface area contributed by atoms with Crippen LogP contribution < -0.4 is 10.5 Å². The van der Waals surface area contributed by atoms with Gasteiger partial charge < -0.3 is 15.3 Å². The molecular weight excluding hydrogens is 290 g/mol. The summed E-state index contributed by atoms with van der Waals surface area (Å²) in [6.45, 7) is 5.65. The third-order valence-electron chi connectivity index (χ3n) is 3.77. The fourth-order valence-electron chi connectivity index (χ4n) is 2.53. The quantitative estimate of drug-likeness (QED) is 0.884. The molecule has 4 nitrogen and oxygen atoms in total. The Hall–Kier alpha value is -2.62. The second kappa shape index (κ2) is 7.09. The van der Waals surface area contributed by atoms with E-state index in [1.165, 1.54) is 5.56 Å². The zero-order valence-corrected chi connectivity index (χ0v) is 13.7. The van der Waals surface area contributed by atoms with Crippen LogP contribution in [0.5, 0.6) is 11.5 Å². The van der Waals surface area contributed by atoms with Crippen molar-refractivity contribution in [3.8, 4) is 11.5 Å². The van der Waals surface area contributed by atoms with Crippen molar-refractivity contribution in [1.82, 2.24) is 0 Å². The van der Waals surface area contributed by atoms with Crippen LogP contribution in [0, 0.1) is 13.8 Å². The fourth-order valence-corrected chi connectivity index (χ4v) is 2.53. The number of aryl methyl sites for hydroxylation is 2. The molecule has 0 spiro atoms. The van der Waals surface area contributed by atoms with Crippen LogP contribution in [0.1, 0.15) is 40.4 Å². The molecule has 0 saturated heterocycles. The number of hydrogen-bond acceptors (Lipinski definition) is 3. The van der Waals surface area contributed by atoms with Crippen molar-refractivity contribution < 1.29 is 14.3 Å². The van der Waals surface area contributed by atoms with Crippen molar-refractivity contribution in [2.24, 2.45) is 5.73 Å². The highest BCUT2D eigenvalue weighted by Gasteiger charge is 2.08. The van der Waals surface area contributed by atoms with Gasteiger partial charge in [-0.2, -0.15) is 0 Å². The predicted molar refractivity (Wildman–Crippen MR) is 90.0 cm³/mol. The first-order chi connectivity index (χ1) is 10.9. The maximum absolute atomic E-state index is 11.2. The van der Waals surface area contributed by atoms with E-state index in [1.54, 1.807) is 31.2 Å². The first kappa shape index (κ1) is 16.7. The summed E-state index contributed by atoms with van der Waals surface area (Å²) in [5.41, 5.74) is 9.07. The summed E-state index contributed by atoms with van der Waals surface area (Å²) in [5, 5.41) is 0. The monoisotopic (exact) mass is 311 g/mol. The molecule has 0 heterocycles. The number of Topliss-reactive ketones (excluding diaryl/α,β-unsaturated/α-hetero) is 1. The Balaban J connectivity index is 2.17. The van der Waals surface area contributed by atoms with Gasteiger partial charge in [0.25, 0.3) is 0 Å². The SMILES string of the molecule is CC(=O)CCc1c(C)cc(Oc2ccc(C(N)=O)cc2)cc1C. The smallest absolute Gasteiger partial charge is 0.248 e. The lowest BCUT2D eigenvalue weighted by atomic mass is 9.97. The van der Waals surface area contributed by atoms with E-state index >= 15 is 0 Å². The lowest BCUT2D eigenvalue weighted by Gasteiger charge is -2.13. The highest BCUT2D eigenvalue weighted by Crippen LogP contribution is 2.27. The Kier molecular flexibility index (Phi) is 5.16. The lowest BCUT2D eigenvalue weighted by Crippen LogP contribution is -2.10. The van der Waals surface area contributed by atoms with Crippen molar-refractivity contribution in [2.45, 2.75) is 33.6 Å². The lowest BCUT2D eigenvalue weighted by molar-refractivity contribution is -0.116. The van der Waals surface area contributed by atoms with E-state index in [-0.39, 0.29) is 5.78 Å². The van der Waals surface area contributed by atoms with Gasteiger partial charge in [0.2, 0.25) is 5.91 Å². The molecule has 1 amide bonds. The van der Waals surface area contributed by atoms with E-state index < -0.39 is 5.91 Å². The van der Waals surface area contributed by atoms with Gasteiger partial charge in [-0.05, 0) is 80.3 Å². The number of rotatable bonds is 6. The number of amides is 1. The molecule has 0 atom stereocenters. The molecule has 23 heavy (non-hydrogen) atoms. The molecule has 2 N–H and O–H groups in total. The first-order valence-corrected chi connectivity index (χ1v) is 7.54. The van der Waals surface area contributed by atoms with E-state index in [0.29, 0.717) is 17.7 Å². The maximum atomic E-state index is 11.2. The highest BCUT2D eigenvalue weighted by atomic mass is 16.5. The summed E-state index contributed by atoms with van der Waals surface area (Å²) in [6.07, 6.45) is 1.30. The van der Waals surface area contributed by atoms with Gasteiger partial charge in [0, 0.05) is 12.0 Å². The largest absolute Gasteiger partial charge is 0.457 e. The number of primary amides is 1. The van der Waals surface area contributed by atoms with Crippen molar-refractivity contribution in [2.75, 3.05) is 0 Å². The van der Waals surface area contributed by atoms with Crippen molar-refractivity contribution in [3.63, 3.8) is 0 Å². The van der Waals surface area contributed by atoms with Gasteiger partial charge in [-0.25, -0.2) is 0 Å². The summed E-state index contributed by atoms with van der Waals surface area (Å²) < 4.78 is 5.84. The van der Waals surface area contributed by atoms with Crippen LogP contribution in [0.25, 0.3) is 0 Å². The minimum atomic E-state index is -0.460. The highest BCUT2D eigenvalue weighted by molar-refractivity contribution is 5.92. The average Bonchev–Trinajstić information content (AvgIpc) is 2.46. The standard InChI is InChI=1S/C19H21NO3/c1-12-10-17(11-13(2)18(12)9-4-14(3)21)23-16-7-5-15(6-8-16)19(20)22/h5-8,10-11H,4,9H2,1-3H3,(H2,20,22). The molecule has 0 radical (unpaired) electrons. The number of ketones is 1. The third-order valence-corrected chi connectivity index (χ3v) is 3.77. The minimum Gasteiger partial charge on any atom is -0.457 e. The number of hydrogen-bond donors (Lipinski definition) is 1. The molecule has 0 unspecified atom stereocenters. The van der Waals surface area contributed by atoms with Crippen LogP contribution in [0.2, 0.25) is 0 Å². The summed E-state index contributed by atoms with van der Waals surface area (Å²) >= 11 is 0. The second-order valence-corrected chi connectivity index (χ2v) is 5.73. The Morgan fingerprint density at radius 2 is 1.57 bits per heavy atom. The summed E-state index contributed by atoms with van der Waals surface area (Å²) in [5.74, 6) is 1.11. The molecule has 120 valence electrons. The molecule has 2 rings (SSSR count). The van der Waals surface area contributed by atoms with Crippen LogP contribution in [-0.2, 0) is 11.2 Å². The Bertz CT molecular complexity index is 710. The van der Waals surface area contributed by atoms with Gasteiger partial charge >= 0.3 is 0 Å². The molecule has 0 aliphatic heterocycles. The zero-order chi connectivity index (χ0) is 17.0. The van der Waals surface area contributed by atoms with Crippen LogP contribution in [-0.4, -0.2) is 11.7 Å². The third kappa shape index (κ3) is 4.42. The molecule has 2 aromatic rings. The molecule has 0 bridgehead atoms. The molecule has 0 saturated carbocycles. The number of carbonyl (C=O) groups excluding carboxylic acids is 2. The molecule has 0 aliphatic rings. The van der Waals surface area contributed by atoms with Crippen molar-refractivity contribution >= 4 is 11.7 Å². The molecule has 4 heteroatoms. The molecule has 0 fully saturated rings. The van der Waals surface area contributed by atoms with Crippen LogP contribution >= 0.6 is 0 Å². The Morgan fingerprint density at radius 3 is 2.04 bits per heavy atom. The van der Waals surface area contributed by atoms with Gasteiger partial charge in [-0.15, -0.1) is 0 Å². The summed E-state index contributed by atoms with van der Waals surface area (Å²) in [7, 11) is 0. The fraction of sp³-hybridized carbons (Fsp3) is 0.263. The predicted octanol–water partition coefficient (Wildman–Crippen LogP) is 3.72. The Labute approximate surface area is 136 Å². The van der Waals surface area contributed by atoms with Crippen LogP contribution in [0.3, 0.4) is 0 Å². The van der Waals surface area contributed by atoms with Gasteiger partial charge in [0.15, 0.2) is 0 Å². The van der Waals surface area contributed by atoms with Crippen molar-refractivity contribution in [1.29, 1.82) is 0 Å². The van der Waals surface area contributed by atoms with E-state index in [4.69, 9.17) is 10.5 Å². The van der Waals surface area contributed by atoms with Gasteiger partial charge in [0.05, 0.1) is 0 Å². The second-order valence-electron chi connectivity index (χ2n) is 5.73. The zero-order valence-electron chi connectivity index (χ0n) is 13.7. The average molecular weight is 311 g/mol. The van der Waals surface area contributed by atoms with Gasteiger partial charge in [0.1, 0.15) is 17.3 Å². The molecule has 0 aliphatic carbocycles. The van der Waals surface area contributed by atoms with E-state index in [2.05, 4.69) is 0 Å². The molecule has 0 aromatic heterocycles. The number of ether oxygens (including phenoxy) is 1. The minimum absolute atomic E-state index is 0.193. The van der Waals surface area contributed by atoms with Crippen LogP contribution in [0.4, 0.5) is 0 Å². The first-order valence-electron chi connectivity index (χ1n) is 7.54. The Morgan fingerprint density at radius 1 is 1.00 bits per heavy atom.